The van der Waals surface area contributed by atoms with Crippen LogP contribution in [-0.4, -0.2) is 31.7 Å². The number of rotatable bonds is 7. The lowest BCUT2D eigenvalue weighted by Gasteiger charge is -2.23. The molecule has 0 aliphatic heterocycles. The van der Waals surface area contributed by atoms with Crippen LogP contribution in [-0.2, 0) is 25.9 Å². The summed E-state index contributed by atoms with van der Waals surface area (Å²) in [5, 5.41) is 4.41. The molecule has 1 aliphatic carbocycles. The summed E-state index contributed by atoms with van der Waals surface area (Å²) >= 11 is 1.64. The van der Waals surface area contributed by atoms with Gasteiger partial charge >= 0.3 is 0 Å². The molecular formula is C23H24FN5OS. The topological polar surface area (TPSA) is 64.7 Å². The number of aryl methyl sites for hydroxylation is 2. The summed E-state index contributed by atoms with van der Waals surface area (Å²) in [5.41, 5.74) is 1.88. The fourth-order valence-electron chi connectivity index (χ4n) is 4.31. The summed E-state index contributed by atoms with van der Waals surface area (Å²) in [5.74, 6) is -0.295. The second-order valence-corrected chi connectivity index (χ2v) is 9.12. The largest absolute Gasteiger partial charge is 0.337 e. The van der Waals surface area contributed by atoms with Crippen molar-refractivity contribution in [1.29, 1.82) is 0 Å². The number of nitrogens with zero attached hydrogens (tertiary/aromatic N) is 4. The monoisotopic (exact) mass is 437 g/mol. The number of fused-ring (bicyclic) bond motifs is 3. The quantitative estimate of drug-likeness (QED) is 0.450. The van der Waals surface area contributed by atoms with Crippen molar-refractivity contribution in [2.45, 2.75) is 44.8 Å². The third-order valence-corrected chi connectivity index (χ3v) is 7.03. The zero-order chi connectivity index (χ0) is 21.2. The maximum absolute atomic E-state index is 13.5. The van der Waals surface area contributed by atoms with Crippen LogP contribution in [0.2, 0.25) is 0 Å². The Labute approximate surface area is 183 Å². The van der Waals surface area contributed by atoms with E-state index in [-0.39, 0.29) is 11.4 Å². The highest BCUT2D eigenvalue weighted by Crippen LogP contribution is 2.33. The third-order valence-electron chi connectivity index (χ3n) is 5.86. The molecule has 3 heterocycles. The molecule has 160 valence electrons. The highest BCUT2D eigenvalue weighted by atomic mass is 32.1. The van der Waals surface area contributed by atoms with Gasteiger partial charge in [-0.1, -0.05) is 12.1 Å². The fourth-order valence-corrected chi connectivity index (χ4v) is 5.56. The minimum atomic E-state index is -0.295. The summed E-state index contributed by atoms with van der Waals surface area (Å²) in [6.07, 6.45) is 11.1. The van der Waals surface area contributed by atoms with Crippen molar-refractivity contribution in [2.75, 3.05) is 6.54 Å². The lowest BCUT2D eigenvalue weighted by Crippen LogP contribution is -2.35. The molecule has 6 nitrogen and oxygen atoms in total. The highest BCUT2D eigenvalue weighted by molar-refractivity contribution is 7.18. The summed E-state index contributed by atoms with van der Waals surface area (Å²) in [6.45, 7) is 2.25. The number of benzene rings is 1. The van der Waals surface area contributed by atoms with Crippen molar-refractivity contribution in [3.05, 3.63) is 81.5 Å². The number of imidazole rings is 1. The molecule has 1 atom stereocenters. The van der Waals surface area contributed by atoms with E-state index in [9.17, 15) is 9.18 Å². The first-order valence-corrected chi connectivity index (χ1v) is 11.4. The van der Waals surface area contributed by atoms with E-state index in [1.54, 1.807) is 34.5 Å². The van der Waals surface area contributed by atoms with E-state index in [0.717, 1.165) is 60.1 Å². The lowest BCUT2D eigenvalue weighted by atomic mass is 9.93. The normalized spacial score (nSPS) is 16.0. The molecule has 4 aromatic rings. The van der Waals surface area contributed by atoms with E-state index >= 15 is 0 Å². The van der Waals surface area contributed by atoms with E-state index in [2.05, 4.69) is 19.9 Å². The first-order valence-electron chi connectivity index (χ1n) is 10.6. The van der Waals surface area contributed by atoms with Gasteiger partial charge in [0.15, 0.2) is 0 Å². The van der Waals surface area contributed by atoms with Crippen LogP contribution in [0.25, 0.3) is 10.2 Å². The van der Waals surface area contributed by atoms with E-state index in [0.29, 0.717) is 12.6 Å². The molecule has 0 spiro atoms. The van der Waals surface area contributed by atoms with Gasteiger partial charge in [0.25, 0.3) is 5.56 Å². The van der Waals surface area contributed by atoms with Crippen LogP contribution in [0.1, 0.15) is 28.8 Å². The number of thiophene rings is 1. The fraction of sp³-hybridized carbons (Fsp3) is 0.348. The second-order valence-electron chi connectivity index (χ2n) is 8.04. The van der Waals surface area contributed by atoms with Gasteiger partial charge in [0.2, 0.25) is 0 Å². The third kappa shape index (κ3) is 4.31. The van der Waals surface area contributed by atoms with E-state index in [4.69, 9.17) is 0 Å². The Morgan fingerprint density at radius 1 is 1.29 bits per heavy atom. The number of hydrogen-bond acceptors (Lipinski definition) is 5. The van der Waals surface area contributed by atoms with Gasteiger partial charge in [0, 0.05) is 29.9 Å². The predicted octanol–water partition coefficient (Wildman–Crippen LogP) is 3.38. The molecule has 1 aliphatic rings. The van der Waals surface area contributed by atoms with Crippen LogP contribution in [0, 0.1) is 5.82 Å². The first-order chi connectivity index (χ1) is 15.2. The van der Waals surface area contributed by atoms with Gasteiger partial charge in [-0.05, 0) is 55.5 Å². The van der Waals surface area contributed by atoms with Crippen molar-refractivity contribution < 1.29 is 4.39 Å². The van der Waals surface area contributed by atoms with Crippen molar-refractivity contribution >= 4 is 21.6 Å². The van der Waals surface area contributed by atoms with Gasteiger partial charge in [-0.2, -0.15) is 0 Å². The molecule has 0 fully saturated rings. The van der Waals surface area contributed by atoms with Crippen LogP contribution >= 0.6 is 11.3 Å². The van der Waals surface area contributed by atoms with Gasteiger partial charge in [-0.15, -0.1) is 11.3 Å². The number of hydrogen-bond donors (Lipinski definition) is 1. The Bertz CT molecular complexity index is 1250. The minimum Gasteiger partial charge on any atom is -0.337 e. The van der Waals surface area contributed by atoms with E-state index in [1.165, 1.54) is 17.0 Å². The molecule has 0 saturated carbocycles. The summed E-state index contributed by atoms with van der Waals surface area (Å²) in [4.78, 5) is 23.9. The molecule has 1 aromatic carbocycles. The molecule has 0 unspecified atom stereocenters. The molecule has 0 bridgehead atoms. The number of aromatic nitrogens is 4. The summed E-state index contributed by atoms with van der Waals surface area (Å²) in [7, 11) is 0. The molecule has 5 rings (SSSR count). The molecule has 31 heavy (non-hydrogen) atoms. The van der Waals surface area contributed by atoms with Gasteiger partial charge in [-0.3, -0.25) is 9.36 Å². The number of halogens is 1. The standard InChI is InChI=1S/C23H24FN5OS/c24-17-4-1-3-16(11-17)13-29-15-27-22-21(23(29)30)19-6-5-18(12-20(19)31-22)26-7-2-9-28-10-8-25-14-28/h1,3-4,8,10-11,14-15,18,26H,2,5-7,9,12-13H2/t18-/m1/s1. The lowest BCUT2D eigenvalue weighted by molar-refractivity contribution is 0.449. The predicted molar refractivity (Wildman–Crippen MR) is 120 cm³/mol. The van der Waals surface area contributed by atoms with Gasteiger partial charge in [0.1, 0.15) is 10.6 Å². The maximum atomic E-state index is 13.5. The van der Waals surface area contributed by atoms with Gasteiger partial charge < -0.3 is 9.88 Å². The molecule has 8 heteroatoms. The maximum Gasteiger partial charge on any atom is 0.262 e. The van der Waals surface area contributed by atoms with Crippen LogP contribution in [0.15, 0.2) is 54.1 Å². The van der Waals surface area contributed by atoms with Crippen molar-refractivity contribution in [2.24, 2.45) is 0 Å². The Morgan fingerprint density at radius 2 is 2.23 bits per heavy atom. The molecule has 1 N–H and O–H groups in total. The smallest absolute Gasteiger partial charge is 0.262 e. The SMILES string of the molecule is O=c1c2c3c(sc2ncn1Cc1cccc(F)c1)C[C@H](NCCCn1ccnc1)CC3. The molecule has 0 saturated heterocycles. The van der Waals surface area contributed by atoms with Crippen molar-refractivity contribution in [3.63, 3.8) is 0 Å². The van der Waals surface area contributed by atoms with Crippen molar-refractivity contribution in [1.82, 2.24) is 24.4 Å². The minimum absolute atomic E-state index is 0.0292. The average molecular weight is 438 g/mol. The Balaban J connectivity index is 1.29. The van der Waals surface area contributed by atoms with Gasteiger partial charge in [-0.25, -0.2) is 14.4 Å². The summed E-state index contributed by atoms with van der Waals surface area (Å²) in [6, 6.07) is 6.79. The average Bonchev–Trinajstić information content (AvgIpc) is 3.41. The van der Waals surface area contributed by atoms with Crippen LogP contribution < -0.4 is 10.9 Å². The highest BCUT2D eigenvalue weighted by Gasteiger charge is 2.25. The Kier molecular flexibility index (Phi) is 5.65. The first kappa shape index (κ1) is 20.1. The van der Waals surface area contributed by atoms with Crippen molar-refractivity contribution in [3.8, 4) is 0 Å². The van der Waals surface area contributed by atoms with Crippen LogP contribution in [0.4, 0.5) is 4.39 Å². The Morgan fingerprint density at radius 3 is 3.06 bits per heavy atom. The molecule has 0 amide bonds. The van der Waals surface area contributed by atoms with Crippen LogP contribution in [0.3, 0.4) is 0 Å². The van der Waals surface area contributed by atoms with Crippen LogP contribution in [0.5, 0.6) is 0 Å². The number of nitrogens with one attached hydrogen (secondary N) is 1. The second kappa shape index (κ2) is 8.72. The molecular weight excluding hydrogens is 413 g/mol. The van der Waals surface area contributed by atoms with E-state index < -0.39 is 0 Å². The zero-order valence-corrected chi connectivity index (χ0v) is 17.9. The zero-order valence-electron chi connectivity index (χ0n) is 17.1. The summed E-state index contributed by atoms with van der Waals surface area (Å²) < 4.78 is 17.2. The Hall–Kier alpha value is -2.84. The van der Waals surface area contributed by atoms with E-state index in [1.807, 2.05) is 18.6 Å². The molecule has 0 radical (unpaired) electrons. The van der Waals surface area contributed by atoms with Gasteiger partial charge in [0.05, 0.1) is 24.6 Å². The molecule has 3 aromatic heterocycles.